The Labute approximate surface area is 297 Å². The predicted molar refractivity (Wildman–Crippen MR) is 176 cm³/mol. The molecule has 12 nitrogen and oxygen atoms in total. The third kappa shape index (κ3) is 24.1. The molecule has 14 heteroatoms. The van der Waals surface area contributed by atoms with Gasteiger partial charge in [-0.05, 0) is 0 Å². The maximum absolute atomic E-state index is 13.3. The van der Waals surface area contributed by atoms with Crippen LogP contribution in [0.25, 0.3) is 0 Å². The van der Waals surface area contributed by atoms with Crippen LogP contribution in [0, 0.1) is 0 Å². The van der Waals surface area contributed by atoms with Gasteiger partial charge in [0.05, 0.1) is 0 Å². The molecule has 0 bridgehead atoms. The second-order valence-corrected chi connectivity index (χ2v) is 21.5. The van der Waals surface area contributed by atoms with Crippen LogP contribution >= 0.6 is 0 Å². The molecule has 6 unspecified atom stereocenters. The quantitative estimate of drug-likeness (QED) is 0.0348. The number of ether oxygens (including phenoxy) is 9. The first-order valence-corrected chi connectivity index (χ1v) is 22.0. The van der Waals surface area contributed by atoms with Gasteiger partial charge in [-0.3, -0.25) is 0 Å². The SMILES string of the molecule is CCCCOCCOC(C)OC(=O)[CH](C)[Sn+]([CH](C)C(=O)OC(C)OCCOCCCC)[CH](C)C(=O)OC(C)OCCOCCCC.[Cl-]. The van der Waals surface area contributed by atoms with E-state index >= 15 is 0 Å². The van der Waals surface area contributed by atoms with Crippen LogP contribution in [0.3, 0.4) is 0 Å². The number of esters is 3. The first-order chi connectivity index (χ1) is 22.0. The summed E-state index contributed by atoms with van der Waals surface area (Å²) in [4.78, 5) is 39.9. The molecule has 47 heavy (non-hydrogen) atoms. The molecule has 0 aromatic carbocycles. The molecule has 0 aliphatic rings. The minimum absolute atomic E-state index is 0. The Bertz CT molecular complexity index is 693. The molecule has 0 fully saturated rings. The van der Waals surface area contributed by atoms with E-state index in [0.717, 1.165) is 38.5 Å². The number of carbonyl (C=O) groups is 3. The zero-order valence-electron chi connectivity index (χ0n) is 30.3. The summed E-state index contributed by atoms with van der Waals surface area (Å²) >= 11 is -3.44. The van der Waals surface area contributed by atoms with Gasteiger partial charge in [-0.1, -0.05) is 0 Å². The Morgan fingerprint density at radius 2 is 0.702 bits per heavy atom. The van der Waals surface area contributed by atoms with Crippen molar-refractivity contribution >= 4 is 37.7 Å². The van der Waals surface area contributed by atoms with Gasteiger partial charge in [0.2, 0.25) is 0 Å². The number of carbonyl (C=O) groups excluding carboxylic acids is 3. The van der Waals surface area contributed by atoms with Gasteiger partial charge in [0, 0.05) is 0 Å². The average molecular weight is 806 g/mol. The molecule has 0 N–H and O–H groups in total. The van der Waals surface area contributed by atoms with Crippen LogP contribution in [0.1, 0.15) is 101 Å². The molecule has 0 amide bonds. The molecule has 0 aromatic heterocycles. The minimum Gasteiger partial charge on any atom is -1.00 e. The van der Waals surface area contributed by atoms with E-state index in [1.807, 2.05) is 0 Å². The number of hydrogen-bond donors (Lipinski definition) is 0. The Kier molecular flexibility index (Phi) is 32.2. The van der Waals surface area contributed by atoms with Crippen molar-refractivity contribution in [3.8, 4) is 0 Å². The van der Waals surface area contributed by atoms with Crippen LogP contribution in [0.5, 0.6) is 0 Å². The molecule has 278 valence electrons. The predicted octanol–water partition coefficient (Wildman–Crippen LogP) is 2.82. The minimum atomic E-state index is -3.44. The van der Waals surface area contributed by atoms with Gasteiger partial charge in [0.25, 0.3) is 0 Å². The zero-order valence-corrected chi connectivity index (χ0v) is 34.0. The van der Waals surface area contributed by atoms with E-state index in [1.165, 1.54) is 0 Å². The van der Waals surface area contributed by atoms with Crippen molar-refractivity contribution in [2.75, 3.05) is 59.5 Å². The third-order valence-electron chi connectivity index (χ3n) is 7.07. The van der Waals surface area contributed by atoms with E-state index in [9.17, 15) is 14.4 Å². The van der Waals surface area contributed by atoms with Crippen LogP contribution in [0.2, 0.25) is 11.8 Å². The maximum atomic E-state index is 13.3. The van der Waals surface area contributed by atoms with Crippen molar-refractivity contribution in [2.45, 2.75) is 132 Å². The zero-order chi connectivity index (χ0) is 34.7. The molecule has 6 atom stereocenters. The van der Waals surface area contributed by atoms with Crippen LogP contribution < -0.4 is 12.4 Å². The molecule has 0 aliphatic carbocycles. The molecule has 0 saturated carbocycles. The first kappa shape index (κ1) is 48.4. The van der Waals surface area contributed by atoms with Crippen molar-refractivity contribution in [1.82, 2.24) is 0 Å². The van der Waals surface area contributed by atoms with Crippen LogP contribution in [-0.4, -0.2) is 116 Å². The second kappa shape index (κ2) is 31.3. The summed E-state index contributed by atoms with van der Waals surface area (Å²) < 4.78 is 47.9. The normalized spacial score (nSPS) is 15.0. The van der Waals surface area contributed by atoms with Crippen molar-refractivity contribution in [1.29, 1.82) is 0 Å². The number of halogens is 1. The van der Waals surface area contributed by atoms with Crippen molar-refractivity contribution < 1.29 is 69.4 Å². The molecule has 0 spiro atoms. The fourth-order valence-electron chi connectivity index (χ4n) is 4.30. The van der Waals surface area contributed by atoms with Gasteiger partial charge in [0.15, 0.2) is 0 Å². The van der Waals surface area contributed by atoms with Crippen LogP contribution in [-0.2, 0) is 57.0 Å². The Morgan fingerprint density at radius 3 is 0.936 bits per heavy atom. The van der Waals surface area contributed by atoms with E-state index in [4.69, 9.17) is 42.6 Å². The van der Waals surface area contributed by atoms with Crippen molar-refractivity contribution in [3.63, 3.8) is 0 Å². The van der Waals surface area contributed by atoms with Gasteiger partial charge < -0.3 is 12.4 Å². The summed E-state index contributed by atoms with van der Waals surface area (Å²) in [6, 6.07) is 0. The summed E-state index contributed by atoms with van der Waals surface area (Å²) in [5.41, 5.74) is 0. The Balaban J connectivity index is 0. The topological polar surface area (TPSA) is 134 Å². The van der Waals surface area contributed by atoms with Crippen LogP contribution in [0.4, 0.5) is 0 Å². The first-order valence-electron chi connectivity index (χ1n) is 17.1. The Hall–Kier alpha value is -0.741. The molecular formula is C33H63ClO12Sn. The van der Waals surface area contributed by atoms with Crippen LogP contribution in [0.15, 0.2) is 0 Å². The van der Waals surface area contributed by atoms with E-state index in [2.05, 4.69) is 20.8 Å². The fourth-order valence-corrected chi connectivity index (χ4v) is 13.6. The van der Waals surface area contributed by atoms with E-state index < -0.39 is 68.3 Å². The molecule has 0 radical (unpaired) electrons. The summed E-state index contributed by atoms with van der Waals surface area (Å²) in [5.74, 6) is -1.60. The molecule has 0 saturated heterocycles. The number of hydrogen-bond acceptors (Lipinski definition) is 12. The molecule has 0 aromatic rings. The van der Waals surface area contributed by atoms with Gasteiger partial charge >= 0.3 is 286 Å². The second-order valence-electron chi connectivity index (χ2n) is 11.2. The van der Waals surface area contributed by atoms with Gasteiger partial charge in [-0.15, -0.1) is 0 Å². The average Bonchev–Trinajstić information content (AvgIpc) is 3.01. The summed E-state index contributed by atoms with van der Waals surface area (Å²) in [5, 5.41) is 0. The van der Waals surface area contributed by atoms with E-state index in [1.54, 1.807) is 41.5 Å². The molecular weight excluding hydrogens is 743 g/mol. The molecule has 0 heterocycles. The van der Waals surface area contributed by atoms with Gasteiger partial charge in [-0.25, -0.2) is 0 Å². The summed E-state index contributed by atoms with van der Waals surface area (Å²) in [6.07, 6.45) is 3.56. The molecule has 0 rings (SSSR count). The molecule has 0 aliphatic heterocycles. The van der Waals surface area contributed by atoms with Gasteiger partial charge in [-0.2, -0.15) is 0 Å². The van der Waals surface area contributed by atoms with Crippen molar-refractivity contribution in [2.24, 2.45) is 0 Å². The standard InChI is InChI=1S/3C11H21O4.ClH.Sn/c3*1-4-6-7-13-8-9-14-10(3)15-11(12)5-2;;/h3*5,10H,4,6-9H2,1-3H3;1H;/q;;;;+1/p-1. The Morgan fingerprint density at radius 1 is 0.447 bits per heavy atom. The van der Waals surface area contributed by atoms with E-state index in [0.29, 0.717) is 39.6 Å². The number of rotatable bonds is 30. The van der Waals surface area contributed by atoms with Gasteiger partial charge in [0.1, 0.15) is 0 Å². The summed E-state index contributed by atoms with van der Waals surface area (Å²) in [7, 11) is 0. The smallest absolute Gasteiger partial charge is 1.00 e. The monoisotopic (exact) mass is 806 g/mol. The fraction of sp³-hybridized carbons (Fsp3) is 0.909. The van der Waals surface area contributed by atoms with E-state index in [-0.39, 0.29) is 32.2 Å². The number of unbranched alkanes of at least 4 members (excludes halogenated alkanes) is 3. The third-order valence-corrected chi connectivity index (χ3v) is 17.7. The summed E-state index contributed by atoms with van der Waals surface area (Å²) in [6.45, 7) is 20.2. The van der Waals surface area contributed by atoms with Crippen molar-refractivity contribution in [3.05, 3.63) is 0 Å².